The van der Waals surface area contributed by atoms with Crippen molar-refractivity contribution in [2.45, 2.75) is 26.1 Å². The van der Waals surface area contributed by atoms with E-state index in [1.54, 1.807) is 6.20 Å². The van der Waals surface area contributed by atoms with Gasteiger partial charge in [0, 0.05) is 31.7 Å². The van der Waals surface area contributed by atoms with Crippen molar-refractivity contribution in [2.24, 2.45) is 0 Å². The number of nitrogens with zero attached hydrogens (tertiary/aromatic N) is 2. The molecule has 0 saturated carbocycles. The molecule has 1 fully saturated rings. The molecule has 5 nitrogen and oxygen atoms in total. The highest BCUT2D eigenvalue weighted by Gasteiger charge is 2.21. The van der Waals surface area contributed by atoms with Crippen molar-refractivity contribution in [3.8, 4) is 10.6 Å². The summed E-state index contributed by atoms with van der Waals surface area (Å²) in [6.07, 6.45) is 2.15. The molecule has 1 aliphatic rings. The number of aromatic nitrogens is 1. The van der Waals surface area contributed by atoms with Crippen LogP contribution in [-0.2, 0) is 4.74 Å². The molecule has 0 bridgehead atoms. The Balaban J connectivity index is 1.50. The van der Waals surface area contributed by atoms with Gasteiger partial charge in [-0.15, -0.1) is 11.3 Å². The number of hydrogen-bond acceptors (Lipinski definition) is 5. The molecular formula is C18H23N3O2S. The van der Waals surface area contributed by atoms with Gasteiger partial charge in [0.2, 0.25) is 0 Å². The van der Waals surface area contributed by atoms with Crippen LogP contribution in [0.3, 0.4) is 0 Å². The molecule has 2 heterocycles. The predicted molar refractivity (Wildman–Crippen MR) is 96.3 cm³/mol. The topological polar surface area (TPSA) is 54.5 Å². The number of rotatable bonds is 5. The molecule has 2 atom stereocenters. The normalized spacial score (nSPS) is 21.6. The number of benzene rings is 1. The summed E-state index contributed by atoms with van der Waals surface area (Å²) in [5, 5.41) is 3.86. The van der Waals surface area contributed by atoms with Crippen molar-refractivity contribution >= 4 is 17.2 Å². The number of carbonyl (C=O) groups is 1. The standard InChI is InChI=1S/C18H23N3O2S/c1-13-11-21(12-14(2)23-13)9-8-19-17(22)16-10-20-18(24-16)15-6-4-3-5-7-15/h3-7,10,13-14H,8-9,11-12H2,1-2H3,(H,19,22)/t13-,14+. The zero-order valence-corrected chi connectivity index (χ0v) is 14.9. The van der Waals surface area contributed by atoms with Crippen LogP contribution in [0.25, 0.3) is 10.6 Å². The van der Waals surface area contributed by atoms with Crippen LogP contribution in [0.2, 0.25) is 0 Å². The fourth-order valence-corrected chi connectivity index (χ4v) is 3.81. The van der Waals surface area contributed by atoms with Gasteiger partial charge >= 0.3 is 0 Å². The second-order valence-corrected chi connectivity index (χ2v) is 7.20. The molecule has 0 spiro atoms. The van der Waals surface area contributed by atoms with E-state index in [0.717, 1.165) is 30.2 Å². The van der Waals surface area contributed by atoms with Gasteiger partial charge in [-0.3, -0.25) is 9.69 Å². The Labute approximate surface area is 146 Å². The summed E-state index contributed by atoms with van der Waals surface area (Å²) in [6, 6.07) is 9.92. The highest BCUT2D eigenvalue weighted by Crippen LogP contribution is 2.24. The highest BCUT2D eigenvalue weighted by molar-refractivity contribution is 7.16. The van der Waals surface area contributed by atoms with Crippen LogP contribution in [0.4, 0.5) is 0 Å². The Bertz CT molecular complexity index is 664. The number of morpholine rings is 1. The minimum Gasteiger partial charge on any atom is -0.373 e. The van der Waals surface area contributed by atoms with E-state index in [9.17, 15) is 4.79 Å². The maximum absolute atomic E-state index is 12.3. The quantitative estimate of drug-likeness (QED) is 0.905. The van der Waals surface area contributed by atoms with Gasteiger partial charge in [0.15, 0.2) is 0 Å². The summed E-state index contributed by atoms with van der Waals surface area (Å²) in [7, 11) is 0. The predicted octanol–water partition coefficient (Wildman–Crippen LogP) is 2.65. The summed E-state index contributed by atoms with van der Waals surface area (Å²) in [4.78, 5) is 19.6. The first kappa shape index (κ1) is 17.1. The molecule has 1 N–H and O–H groups in total. The fraction of sp³-hybridized carbons (Fsp3) is 0.444. The monoisotopic (exact) mass is 345 g/mol. The Morgan fingerprint density at radius 1 is 1.29 bits per heavy atom. The Morgan fingerprint density at radius 2 is 2.00 bits per heavy atom. The lowest BCUT2D eigenvalue weighted by Crippen LogP contribution is -2.47. The molecule has 1 aliphatic heterocycles. The molecule has 0 aliphatic carbocycles. The average molecular weight is 345 g/mol. The lowest BCUT2D eigenvalue weighted by atomic mass is 10.2. The summed E-state index contributed by atoms with van der Waals surface area (Å²) < 4.78 is 5.72. The van der Waals surface area contributed by atoms with E-state index in [4.69, 9.17) is 4.74 Å². The Hall–Kier alpha value is -1.76. The van der Waals surface area contributed by atoms with Crippen molar-refractivity contribution in [1.82, 2.24) is 15.2 Å². The van der Waals surface area contributed by atoms with Crippen molar-refractivity contribution in [3.05, 3.63) is 41.4 Å². The number of hydrogen-bond donors (Lipinski definition) is 1. The van der Waals surface area contributed by atoms with Crippen LogP contribution in [0.5, 0.6) is 0 Å². The zero-order valence-electron chi connectivity index (χ0n) is 14.1. The van der Waals surface area contributed by atoms with Crippen LogP contribution in [0, 0.1) is 0 Å². The van der Waals surface area contributed by atoms with Crippen molar-refractivity contribution in [2.75, 3.05) is 26.2 Å². The number of carbonyl (C=O) groups excluding carboxylic acids is 1. The Morgan fingerprint density at radius 3 is 2.71 bits per heavy atom. The van der Waals surface area contributed by atoms with E-state index in [0.29, 0.717) is 11.4 Å². The molecule has 6 heteroatoms. The lowest BCUT2D eigenvalue weighted by Gasteiger charge is -2.35. The van der Waals surface area contributed by atoms with E-state index in [1.165, 1.54) is 11.3 Å². The second-order valence-electron chi connectivity index (χ2n) is 6.17. The smallest absolute Gasteiger partial charge is 0.263 e. The SMILES string of the molecule is C[C@@H]1CN(CCNC(=O)c2cnc(-c3ccccc3)s2)C[C@H](C)O1. The number of ether oxygens (including phenoxy) is 1. The minimum atomic E-state index is -0.0518. The summed E-state index contributed by atoms with van der Waals surface area (Å²) in [5.74, 6) is -0.0518. The van der Waals surface area contributed by atoms with Crippen LogP contribution < -0.4 is 5.32 Å². The number of nitrogens with one attached hydrogen (secondary N) is 1. The van der Waals surface area contributed by atoms with Crippen LogP contribution in [0.1, 0.15) is 23.5 Å². The minimum absolute atomic E-state index is 0.0518. The molecule has 0 radical (unpaired) electrons. The molecule has 3 rings (SSSR count). The molecule has 1 saturated heterocycles. The lowest BCUT2D eigenvalue weighted by molar-refractivity contribution is -0.0672. The van der Waals surface area contributed by atoms with Gasteiger partial charge in [-0.25, -0.2) is 4.98 Å². The zero-order chi connectivity index (χ0) is 16.9. The van der Waals surface area contributed by atoms with Crippen LogP contribution >= 0.6 is 11.3 Å². The van der Waals surface area contributed by atoms with Gasteiger partial charge in [-0.2, -0.15) is 0 Å². The molecular weight excluding hydrogens is 322 g/mol. The third-order valence-corrected chi connectivity index (χ3v) is 5.00. The average Bonchev–Trinajstić information content (AvgIpc) is 3.05. The molecule has 0 unspecified atom stereocenters. The van der Waals surface area contributed by atoms with Gasteiger partial charge in [-0.05, 0) is 13.8 Å². The van der Waals surface area contributed by atoms with Crippen molar-refractivity contribution < 1.29 is 9.53 Å². The molecule has 24 heavy (non-hydrogen) atoms. The van der Waals surface area contributed by atoms with Gasteiger partial charge in [0.1, 0.15) is 9.88 Å². The van der Waals surface area contributed by atoms with Crippen molar-refractivity contribution in [3.63, 3.8) is 0 Å². The van der Waals surface area contributed by atoms with E-state index < -0.39 is 0 Å². The molecule has 128 valence electrons. The van der Waals surface area contributed by atoms with Crippen LogP contribution in [-0.4, -0.2) is 54.2 Å². The summed E-state index contributed by atoms with van der Waals surface area (Å²) in [6.45, 7) is 7.48. The highest BCUT2D eigenvalue weighted by atomic mass is 32.1. The molecule has 1 aromatic carbocycles. The summed E-state index contributed by atoms with van der Waals surface area (Å²) >= 11 is 1.42. The third-order valence-electron chi connectivity index (χ3n) is 3.96. The fourth-order valence-electron chi connectivity index (χ4n) is 2.97. The van der Waals surface area contributed by atoms with E-state index in [2.05, 4.69) is 29.0 Å². The van der Waals surface area contributed by atoms with E-state index in [1.807, 2.05) is 30.3 Å². The second kappa shape index (κ2) is 7.88. The third kappa shape index (κ3) is 4.41. The number of amides is 1. The summed E-state index contributed by atoms with van der Waals surface area (Å²) in [5.41, 5.74) is 1.04. The van der Waals surface area contributed by atoms with E-state index in [-0.39, 0.29) is 18.1 Å². The largest absolute Gasteiger partial charge is 0.373 e. The maximum Gasteiger partial charge on any atom is 0.263 e. The first-order valence-corrected chi connectivity index (χ1v) is 9.10. The first-order chi connectivity index (χ1) is 11.6. The molecule has 2 aromatic rings. The maximum atomic E-state index is 12.3. The van der Waals surface area contributed by atoms with Crippen LogP contribution in [0.15, 0.2) is 36.5 Å². The first-order valence-electron chi connectivity index (χ1n) is 8.29. The molecule has 1 amide bonds. The van der Waals surface area contributed by atoms with Gasteiger partial charge in [-0.1, -0.05) is 30.3 Å². The Kier molecular flexibility index (Phi) is 5.60. The van der Waals surface area contributed by atoms with Crippen molar-refractivity contribution in [1.29, 1.82) is 0 Å². The van der Waals surface area contributed by atoms with Gasteiger partial charge < -0.3 is 10.1 Å². The van der Waals surface area contributed by atoms with Gasteiger partial charge in [0.25, 0.3) is 5.91 Å². The van der Waals surface area contributed by atoms with E-state index >= 15 is 0 Å². The number of thiazole rings is 1. The van der Waals surface area contributed by atoms with Gasteiger partial charge in [0.05, 0.1) is 18.4 Å². The molecule has 1 aromatic heterocycles.